The summed E-state index contributed by atoms with van der Waals surface area (Å²) >= 11 is 0. The highest BCUT2D eigenvalue weighted by molar-refractivity contribution is 5.92. The van der Waals surface area contributed by atoms with Gasteiger partial charge in [-0.25, -0.2) is 0 Å². The summed E-state index contributed by atoms with van der Waals surface area (Å²) in [6.07, 6.45) is 4.31. The van der Waals surface area contributed by atoms with Gasteiger partial charge in [-0.05, 0) is 17.4 Å². The second kappa shape index (κ2) is 2.63. The average molecular weight is 226 g/mol. The van der Waals surface area contributed by atoms with E-state index >= 15 is 0 Å². The summed E-state index contributed by atoms with van der Waals surface area (Å²) in [4.78, 5) is 12.3. The summed E-state index contributed by atoms with van der Waals surface area (Å²) in [5, 5.41) is 0. The average Bonchev–Trinajstić information content (AvgIpc) is 2.72. The summed E-state index contributed by atoms with van der Waals surface area (Å²) < 4.78 is 5.40. The Morgan fingerprint density at radius 2 is 2.06 bits per heavy atom. The smallest absolute Gasteiger partial charge is 0.321 e. The van der Waals surface area contributed by atoms with E-state index in [1.165, 1.54) is 0 Å². The molecule has 2 fully saturated rings. The van der Waals surface area contributed by atoms with Crippen LogP contribution in [0.4, 0.5) is 0 Å². The zero-order valence-electron chi connectivity index (χ0n) is 9.72. The first-order chi connectivity index (χ1) is 8.23. The molecule has 86 valence electrons. The summed E-state index contributed by atoms with van der Waals surface area (Å²) in [5.41, 5.74) is 0.606. The molecule has 2 aliphatic carbocycles. The maximum atomic E-state index is 12.3. The van der Waals surface area contributed by atoms with Gasteiger partial charge in [-0.1, -0.05) is 49.4 Å². The van der Waals surface area contributed by atoms with Gasteiger partial charge in [0.1, 0.15) is 5.41 Å². The standard InChI is InChI=1S/C15H14O2/c1-10-12-7-8-14(11-5-3-2-4-6-11)13(16)17-9-15(10,12)14/h2-8,10,12H,9H2,1H3/t10-,12?,14+,15?/m1/s1. The van der Waals surface area contributed by atoms with Crippen LogP contribution < -0.4 is 0 Å². The molecule has 1 aliphatic heterocycles. The fourth-order valence-electron chi connectivity index (χ4n) is 4.11. The zero-order chi connectivity index (χ0) is 11.7. The van der Waals surface area contributed by atoms with Crippen LogP contribution in [0.15, 0.2) is 42.5 Å². The highest BCUT2D eigenvalue weighted by atomic mass is 16.5. The Kier molecular flexibility index (Phi) is 1.47. The highest BCUT2D eigenvalue weighted by Crippen LogP contribution is 2.75. The van der Waals surface area contributed by atoms with Crippen LogP contribution in [-0.2, 0) is 14.9 Å². The van der Waals surface area contributed by atoms with Crippen molar-refractivity contribution in [2.45, 2.75) is 12.3 Å². The fourth-order valence-corrected chi connectivity index (χ4v) is 4.11. The molecule has 0 radical (unpaired) electrons. The van der Waals surface area contributed by atoms with Gasteiger partial charge in [-0.3, -0.25) is 4.79 Å². The topological polar surface area (TPSA) is 26.3 Å². The Labute approximate surface area is 100 Å². The molecule has 17 heavy (non-hydrogen) atoms. The first kappa shape index (κ1) is 9.46. The molecule has 1 spiro atoms. The van der Waals surface area contributed by atoms with Gasteiger partial charge in [0.25, 0.3) is 0 Å². The molecule has 4 atom stereocenters. The summed E-state index contributed by atoms with van der Waals surface area (Å²) in [6.45, 7) is 2.81. The predicted octanol–water partition coefficient (Wildman–Crippen LogP) is 2.30. The van der Waals surface area contributed by atoms with Crippen LogP contribution in [0, 0.1) is 17.3 Å². The van der Waals surface area contributed by atoms with Gasteiger partial charge in [0, 0.05) is 5.41 Å². The van der Waals surface area contributed by atoms with Gasteiger partial charge >= 0.3 is 5.97 Å². The molecule has 2 unspecified atom stereocenters. The number of ether oxygens (including phenoxy) is 1. The molecule has 2 nitrogen and oxygen atoms in total. The van der Waals surface area contributed by atoms with Gasteiger partial charge in [-0.15, -0.1) is 0 Å². The first-order valence-electron chi connectivity index (χ1n) is 6.15. The highest BCUT2D eigenvalue weighted by Gasteiger charge is 2.80. The Hall–Kier alpha value is -1.57. The van der Waals surface area contributed by atoms with Crippen molar-refractivity contribution in [1.29, 1.82) is 0 Å². The molecule has 0 N–H and O–H groups in total. The summed E-state index contributed by atoms with van der Waals surface area (Å²) in [7, 11) is 0. The van der Waals surface area contributed by atoms with Crippen molar-refractivity contribution in [2.24, 2.45) is 17.3 Å². The fraction of sp³-hybridized carbons (Fsp3) is 0.400. The van der Waals surface area contributed by atoms with E-state index in [2.05, 4.69) is 19.1 Å². The van der Waals surface area contributed by atoms with Gasteiger partial charge in [0.05, 0.1) is 6.61 Å². The lowest BCUT2D eigenvalue weighted by molar-refractivity contribution is -0.141. The number of hydrogen-bond acceptors (Lipinski definition) is 2. The normalized spacial score (nSPS) is 45.4. The third kappa shape index (κ3) is 0.781. The van der Waals surface area contributed by atoms with E-state index in [9.17, 15) is 4.79 Å². The number of cyclic esters (lactones) is 1. The second-order valence-corrected chi connectivity index (χ2v) is 5.46. The molecule has 1 heterocycles. The SMILES string of the molecule is C[C@@H]1C2C=C[C@]3(c4ccccc4)C(=O)OCC213. The molecule has 0 aromatic heterocycles. The third-order valence-corrected chi connectivity index (χ3v) is 5.12. The van der Waals surface area contributed by atoms with E-state index in [4.69, 9.17) is 4.74 Å². The Balaban J connectivity index is 1.97. The molecule has 1 saturated carbocycles. The van der Waals surface area contributed by atoms with E-state index in [1.807, 2.05) is 30.3 Å². The molecule has 1 aromatic rings. The number of carbonyl (C=O) groups excluding carboxylic acids is 1. The van der Waals surface area contributed by atoms with Crippen LogP contribution in [0.5, 0.6) is 0 Å². The maximum Gasteiger partial charge on any atom is 0.321 e. The first-order valence-corrected chi connectivity index (χ1v) is 6.15. The summed E-state index contributed by atoms with van der Waals surface area (Å²) in [6, 6.07) is 10.1. The van der Waals surface area contributed by atoms with Crippen LogP contribution >= 0.6 is 0 Å². The Morgan fingerprint density at radius 3 is 2.76 bits per heavy atom. The van der Waals surface area contributed by atoms with Crippen molar-refractivity contribution in [3.8, 4) is 0 Å². The number of carbonyl (C=O) groups is 1. The quantitative estimate of drug-likeness (QED) is 0.542. The van der Waals surface area contributed by atoms with E-state index < -0.39 is 5.41 Å². The third-order valence-electron chi connectivity index (χ3n) is 5.12. The largest absolute Gasteiger partial charge is 0.464 e. The van der Waals surface area contributed by atoms with Crippen molar-refractivity contribution in [2.75, 3.05) is 6.61 Å². The number of benzene rings is 1. The lowest BCUT2D eigenvalue weighted by Gasteiger charge is -2.27. The number of rotatable bonds is 1. The molecular weight excluding hydrogens is 212 g/mol. The van der Waals surface area contributed by atoms with Gasteiger partial charge in [0.15, 0.2) is 0 Å². The van der Waals surface area contributed by atoms with E-state index in [0.29, 0.717) is 18.4 Å². The van der Waals surface area contributed by atoms with E-state index in [1.54, 1.807) is 0 Å². The monoisotopic (exact) mass is 226 g/mol. The Bertz CT molecular complexity index is 533. The van der Waals surface area contributed by atoms with Crippen LogP contribution in [0.3, 0.4) is 0 Å². The van der Waals surface area contributed by atoms with Gasteiger partial charge < -0.3 is 4.74 Å². The minimum absolute atomic E-state index is 0.0193. The molecule has 1 aromatic carbocycles. The molecule has 0 bridgehead atoms. The van der Waals surface area contributed by atoms with Crippen molar-refractivity contribution in [3.63, 3.8) is 0 Å². The van der Waals surface area contributed by atoms with Crippen molar-refractivity contribution in [3.05, 3.63) is 48.0 Å². The van der Waals surface area contributed by atoms with Crippen LogP contribution in [0.1, 0.15) is 12.5 Å². The van der Waals surface area contributed by atoms with Crippen molar-refractivity contribution >= 4 is 5.97 Å². The predicted molar refractivity (Wildman–Crippen MR) is 63.3 cm³/mol. The summed E-state index contributed by atoms with van der Waals surface area (Å²) in [5.74, 6) is 1.01. The second-order valence-electron chi connectivity index (χ2n) is 5.46. The van der Waals surface area contributed by atoms with E-state index in [0.717, 1.165) is 5.56 Å². The van der Waals surface area contributed by atoms with E-state index in [-0.39, 0.29) is 11.4 Å². The molecule has 0 amide bonds. The van der Waals surface area contributed by atoms with Crippen LogP contribution in [0.25, 0.3) is 0 Å². The van der Waals surface area contributed by atoms with Crippen LogP contribution in [0.2, 0.25) is 0 Å². The van der Waals surface area contributed by atoms with Gasteiger partial charge in [-0.2, -0.15) is 0 Å². The molecule has 3 aliphatic rings. The minimum atomic E-state index is -0.502. The molecule has 1 saturated heterocycles. The Morgan fingerprint density at radius 1 is 1.29 bits per heavy atom. The van der Waals surface area contributed by atoms with Gasteiger partial charge in [0.2, 0.25) is 0 Å². The molecular formula is C15H14O2. The van der Waals surface area contributed by atoms with Crippen molar-refractivity contribution < 1.29 is 9.53 Å². The lowest BCUT2D eigenvalue weighted by atomic mass is 9.70. The molecule has 4 rings (SSSR count). The maximum absolute atomic E-state index is 12.3. The number of esters is 1. The zero-order valence-corrected chi connectivity index (χ0v) is 9.72. The number of hydrogen-bond donors (Lipinski definition) is 0. The number of allylic oxidation sites excluding steroid dienone is 1. The minimum Gasteiger partial charge on any atom is -0.464 e. The van der Waals surface area contributed by atoms with Crippen LogP contribution in [-0.4, -0.2) is 12.6 Å². The lowest BCUT2D eigenvalue weighted by Crippen LogP contribution is -2.37. The molecule has 2 heteroatoms. The van der Waals surface area contributed by atoms with Crippen molar-refractivity contribution in [1.82, 2.24) is 0 Å².